The lowest BCUT2D eigenvalue weighted by Crippen LogP contribution is -2.46. The van der Waals surface area contributed by atoms with Crippen LogP contribution in [0.15, 0.2) is 24.3 Å². The van der Waals surface area contributed by atoms with Crippen LogP contribution in [0.1, 0.15) is 20.8 Å². The SMILES string of the molecule is C[C@H](OC(=O)C(C)(C)Oc1ccc(Cl)cc1)C(=O)NC(N)=O. The number of imide groups is 1. The summed E-state index contributed by atoms with van der Waals surface area (Å²) in [6, 6.07) is 5.40. The predicted octanol–water partition coefficient (Wildman–Crippen LogP) is 1.62. The highest BCUT2D eigenvalue weighted by atomic mass is 35.5. The zero-order chi connectivity index (χ0) is 16.9. The van der Waals surface area contributed by atoms with Gasteiger partial charge >= 0.3 is 12.0 Å². The molecule has 120 valence electrons. The van der Waals surface area contributed by atoms with E-state index in [2.05, 4.69) is 0 Å². The maximum Gasteiger partial charge on any atom is 0.350 e. The first-order valence-electron chi connectivity index (χ1n) is 6.38. The van der Waals surface area contributed by atoms with E-state index in [-0.39, 0.29) is 0 Å². The molecule has 0 unspecified atom stereocenters. The topological polar surface area (TPSA) is 108 Å². The van der Waals surface area contributed by atoms with Gasteiger partial charge in [0.25, 0.3) is 5.91 Å². The Morgan fingerprint density at radius 2 is 1.77 bits per heavy atom. The van der Waals surface area contributed by atoms with Crippen molar-refractivity contribution >= 4 is 29.5 Å². The number of carbonyl (C=O) groups excluding carboxylic acids is 3. The summed E-state index contributed by atoms with van der Waals surface area (Å²) in [5, 5.41) is 2.35. The van der Waals surface area contributed by atoms with Gasteiger partial charge in [-0.2, -0.15) is 0 Å². The minimum atomic E-state index is -1.34. The maximum atomic E-state index is 12.1. The van der Waals surface area contributed by atoms with Crippen LogP contribution in [0.4, 0.5) is 4.79 Å². The van der Waals surface area contributed by atoms with Crippen LogP contribution >= 0.6 is 11.6 Å². The summed E-state index contributed by atoms with van der Waals surface area (Å²) in [7, 11) is 0. The number of primary amides is 1. The summed E-state index contributed by atoms with van der Waals surface area (Å²) in [5.74, 6) is -1.17. The summed E-state index contributed by atoms with van der Waals surface area (Å²) in [4.78, 5) is 34.1. The van der Waals surface area contributed by atoms with Crippen molar-refractivity contribution < 1.29 is 23.9 Å². The molecule has 3 amide bonds. The molecule has 0 radical (unpaired) electrons. The summed E-state index contributed by atoms with van der Waals surface area (Å²) in [6.45, 7) is 4.29. The Bertz CT molecular complexity index is 571. The van der Waals surface area contributed by atoms with Crippen molar-refractivity contribution in [2.75, 3.05) is 0 Å². The Morgan fingerprint density at radius 1 is 1.23 bits per heavy atom. The van der Waals surface area contributed by atoms with Crippen LogP contribution in [0.25, 0.3) is 0 Å². The van der Waals surface area contributed by atoms with Gasteiger partial charge in [0.15, 0.2) is 11.7 Å². The van der Waals surface area contributed by atoms with Gasteiger partial charge in [-0.05, 0) is 45.0 Å². The van der Waals surface area contributed by atoms with Gasteiger partial charge in [0, 0.05) is 5.02 Å². The normalized spacial score (nSPS) is 12.2. The molecule has 0 aromatic heterocycles. The summed E-state index contributed by atoms with van der Waals surface area (Å²) >= 11 is 5.76. The highest BCUT2D eigenvalue weighted by molar-refractivity contribution is 6.30. The predicted molar refractivity (Wildman–Crippen MR) is 79.4 cm³/mol. The number of hydrogen-bond acceptors (Lipinski definition) is 5. The molecule has 0 heterocycles. The van der Waals surface area contributed by atoms with Crippen LogP contribution in [0.2, 0.25) is 5.02 Å². The van der Waals surface area contributed by atoms with Gasteiger partial charge in [0.1, 0.15) is 5.75 Å². The zero-order valence-corrected chi connectivity index (χ0v) is 13.1. The van der Waals surface area contributed by atoms with Crippen LogP contribution in [0, 0.1) is 0 Å². The van der Waals surface area contributed by atoms with Gasteiger partial charge in [0.05, 0.1) is 0 Å². The fourth-order valence-electron chi connectivity index (χ4n) is 1.42. The van der Waals surface area contributed by atoms with E-state index < -0.39 is 29.6 Å². The molecular formula is C14H17ClN2O5. The molecule has 7 nitrogen and oxygen atoms in total. The van der Waals surface area contributed by atoms with Gasteiger partial charge in [-0.15, -0.1) is 0 Å². The molecule has 0 saturated carbocycles. The van der Waals surface area contributed by atoms with E-state index in [1.165, 1.54) is 20.8 Å². The highest BCUT2D eigenvalue weighted by Gasteiger charge is 2.34. The van der Waals surface area contributed by atoms with Crippen LogP contribution in [-0.4, -0.2) is 29.6 Å². The van der Waals surface area contributed by atoms with E-state index in [4.69, 9.17) is 26.8 Å². The third-order valence-corrected chi connectivity index (χ3v) is 2.83. The Hall–Kier alpha value is -2.28. The first-order chi connectivity index (χ1) is 10.1. The lowest BCUT2D eigenvalue weighted by atomic mass is 10.1. The minimum absolute atomic E-state index is 0.417. The Labute approximate surface area is 132 Å². The number of nitrogens with two attached hydrogens (primary N) is 1. The quantitative estimate of drug-likeness (QED) is 0.798. The van der Waals surface area contributed by atoms with E-state index in [9.17, 15) is 14.4 Å². The number of hydrogen-bond donors (Lipinski definition) is 2. The number of amides is 3. The molecular weight excluding hydrogens is 312 g/mol. The number of benzene rings is 1. The van der Waals surface area contributed by atoms with Gasteiger partial charge in [0.2, 0.25) is 0 Å². The first-order valence-corrected chi connectivity index (χ1v) is 6.75. The van der Waals surface area contributed by atoms with Crippen molar-refractivity contribution in [1.82, 2.24) is 5.32 Å². The zero-order valence-electron chi connectivity index (χ0n) is 12.4. The van der Waals surface area contributed by atoms with Crippen molar-refractivity contribution in [3.63, 3.8) is 0 Å². The second kappa shape index (κ2) is 7.13. The Kier molecular flexibility index (Phi) is 5.76. The Morgan fingerprint density at radius 3 is 2.27 bits per heavy atom. The molecule has 22 heavy (non-hydrogen) atoms. The number of carbonyl (C=O) groups is 3. The largest absolute Gasteiger partial charge is 0.476 e. The fourth-order valence-corrected chi connectivity index (χ4v) is 1.54. The number of rotatable bonds is 5. The van der Waals surface area contributed by atoms with Gasteiger partial charge in [-0.25, -0.2) is 9.59 Å². The van der Waals surface area contributed by atoms with E-state index in [0.717, 1.165) is 0 Å². The molecule has 0 spiro atoms. The maximum absolute atomic E-state index is 12.1. The molecule has 0 aliphatic rings. The molecule has 0 saturated heterocycles. The van der Waals surface area contributed by atoms with E-state index in [1.807, 2.05) is 5.32 Å². The molecule has 1 atom stereocenters. The molecule has 0 fully saturated rings. The monoisotopic (exact) mass is 328 g/mol. The van der Waals surface area contributed by atoms with Gasteiger partial charge < -0.3 is 15.2 Å². The average Bonchev–Trinajstić information content (AvgIpc) is 2.40. The molecule has 8 heteroatoms. The number of ether oxygens (including phenoxy) is 2. The van der Waals surface area contributed by atoms with Crippen molar-refractivity contribution in [3.05, 3.63) is 29.3 Å². The molecule has 0 aliphatic heterocycles. The molecule has 1 aromatic rings. The number of esters is 1. The second-order valence-corrected chi connectivity index (χ2v) is 5.40. The van der Waals surface area contributed by atoms with Crippen molar-refractivity contribution in [2.24, 2.45) is 5.73 Å². The average molecular weight is 329 g/mol. The molecule has 1 aromatic carbocycles. The van der Waals surface area contributed by atoms with Crippen molar-refractivity contribution in [1.29, 1.82) is 0 Å². The smallest absolute Gasteiger partial charge is 0.350 e. The highest BCUT2D eigenvalue weighted by Crippen LogP contribution is 2.22. The van der Waals surface area contributed by atoms with E-state index in [0.29, 0.717) is 10.8 Å². The number of urea groups is 1. The van der Waals surface area contributed by atoms with Crippen molar-refractivity contribution in [2.45, 2.75) is 32.5 Å². The fraction of sp³-hybridized carbons (Fsp3) is 0.357. The van der Waals surface area contributed by atoms with Gasteiger partial charge in [-0.1, -0.05) is 11.6 Å². The summed E-state index contributed by atoms with van der Waals surface area (Å²) < 4.78 is 10.5. The van der Waals surface area contributed by atoms with Crippen LogP contribution in [0.3, 0.4) is 0 Å². The lowest BCUT2D eigenvalue weighted by Gasteiger charge is -2.25. The van der Waals surface area contributed by atoms with Crippen LogP contribution < -0.4 is 15.8 Å². The molecule has 0 bridgehead atoms. The summed E-state index contributed by atoms with van der Waals surface area (Å²) in [5.41, 5.74) is 3.48. The van der Waals surface area contributed by atoms with Gasteiger partial charge in [-0.3, -0.25) is 10.1 Å². The second-order valence-electron chi connectivity index (χ2n) is 4.97. The third-order valence-electron chi connectivity index (χ3n) is 2.58. The molecule has 0 aliphatic carbocycles. The standard InChI is InChI=1S/C14H17ClN2O5/c1-8(11(18)17-13(16)20)21-12(19)14(2,3)22-10-6-4-9(15)5-7-10/h4-8H,1-3H3,(H3,16,17,18,20)/t8-/m0/s1. The first kappa shape index (κ1) is 17.8. The lowest BCUT2D eigenvalue weighted by molar-refractivity contribution is -0.167. The minimum Gasteiger partial charge on any atom is -0.476 e. The third kappa shape index (κ3) is 5.25. The molecule has 1 rings (SSSR count). The van der Waals surface area contributed by atoms with Crippen molar-refractivity contribution in [3.8, 4) is 5.75 Å². The molecule has 3 N–H and O–H groups in total. The van der Waals surface area contributed by atoms with Crippen LogP contribution in [0.5, 0.6) is 5.75 Å². The summed E-state index contributed by atoms with van der Waals surface area (Å²) in [6.07, 6.45) is -1.19. The van der Waals surface area contributed by atoms with E-state index >= 15 is 0 Å². The number of halogens is 1. The Balaban J connectivity index is 2.67. The number of nitrogens with one attached hydrogen (secondary N) is 1. The van der Waals surface area contributed by atoms with E-state index in [1.54, 1.807) is 24.3 Å². The van der Waals surface area contributed by atoms with Crippen LogP contribution in [-0.2, 0) is 14.3 Å².